The normalized spacial score (nSPS) is 34.4. The van der Waals surface area contributed by atoms with Gasteiger partial charge in [-0.25, -0.2) is 4.79 Å². The van der Waals surface area contributed by atoms with Crippen molar-refractivity contribution in [3.63, 3.8) is 0 Å². The van der Waals surface area contributed by atoms with Crippen molar-refractivity contribution in [2.75, 3.05) is 26.2 Å². The first-order valence-corrected chi connectivity index (χ1v) is 19.9. The number of hydrogen-bond acceptors (Lipinski definition) is 4. The molecule has 5 aliphatic rings. The maximum atomic E-state index is 11.4. The largest absolute Gasteiger partial charge is 0.481 e. The monoisotopic (exact) mass is 705 g/mol. The third kappa shape index (κ3) is 8.34. The zero-order valence-corrected chi connectivity index (χ0v) is 32.8. The predicted octanol–water partition coefficient (Wildman–Crippen LogP) is 9.58. The molecule has 0 heterocycles. The Morgan fingerprint density at radius 2 is 1.59 bits per heavy atom. The molecule has 0 saturated heterocycles. The molecule has 1 aromatic rings. The average molecular weight is 705 g/mol. The molecule has 0 spiro atoms. The van der Waals surface area contributed by atoms with E-state index in [0.29, 0.717) is 53.8 Å². The summed E-state index contributed by atoms with van der Waals surface area (Å²) in [4.78, 5) is 33.5. The molecule has 8 unspecified atom stereocenters. The Bertz CT molecular complexity index is 1400. The van der Waals surface area contributed by atoms with Gasteiger partial charge in [0.15, 0.2) is 0 Å². The third-order valence-electron chi connectivity index (χ3n) is 14.7. The number of benzene rings is 1. The van der Waals surface area contributed by atoms with Gasteiger partial charge in [0.2, 0.25) is 6.41 Å². The quantitative estimate of drug-likeness (QED) is 0.127. The summed E-state index contributed by atoms with van der Waals surface area (Å²) >= 11 is 0. The van der Waals surface area contributed by atoms with E-state index in [1.807, 2.05) is 30.9 Å². The van der Waals surface area contributed by atoms with Crippen molar-refractivity contribution < 1.29 is 24.6 Å². The molecule has 4 fully saturated rings. The van der Waals surface area contributed by atoms with Crippen LogP contribution in [0.4, 0.5) is 0 Å². The van der Waals surface area contributed by atoms with Crippen LogP contribution in [0.1, 0.15) is 135 Å². The summed E-state index contributed by atoms with van der Waals surface area (Å²) in [7, 11) is 0. The summed E-state index contributed by atoms with van der Waals surface area (Å²) in [6.07, 6.45) is 19.3. The van der Waals surface area contributed by atoms with E-state index >= 15 is 0 Å². The fourth-order valence-corrected chi connectivity index (χ4v) is 12.4. The lowest BCUT2D eigenvalue weighted by Gasteiger charge is -2.68. The topological polar surface area (TPSA) is 107 Å². The Labute approximate surface area is 308 Å². The van der Waals surface area contributed by atoms with Gasteiger partial charge in [0.25, 0.3) is 0 Å². The number of rotatable bonds is 10. The van der Waals surface area contributed by atoms with Crippen molar-refractivity contribution in [2.24, 2.45) is 51.2 Å². The van der Waals surface area contributed by atoms with Crippen LogP contribution in [-0.2, 0) is 9.59 Å². The van der Waals surface area contributed by atoms with E-state index in [-0.39, 0.29) is 11.8 Å². The van der Waals surface area contributed by atoms with E-state index in [9.17, 15) is 19.5 Å². The minimum absolute atomic E-state index is 0.104. The maximum Gasteiger partial charge on any atom is 0.335 e. The maximum absolute atomic E-state index is 11.4. The number of amides is 1. The molecule has 1 amide bonds. The second-order valence-electron chi connectivity index (χ2n) is 17.7. The lowest BCUT2D eigenvalue weighted by atomic mass is 9.36. The second-order valence-corrected chi connectivity index (χ2v) is 17.7. The van der Waals surface area contributed by atoms with Crippen molar-refractivity contribution in [3.05, 3.63) is 54.1 Å². The van der Waals surface area contributed by atoms with Crippen LogP contribution in [0.15, 0.2) is 43.0 Å². The average Bonchev–Trinajstić information content (AvgIpc) is 3.48. The molecule has 51 heavy (non-hydrogen) atoms. The number of hydrogen-bond donors (Lipinski definition) is 3. The van der Waals surface area contributed by atoms with Gasteiger partial charge >= 0.3 is 11.9 Å². The lowest BCUT2D eigenvalue weighted by molar-refractivity contribution is -0.176. The van der Waals surface area contributed by atoms with Gasteiger partial charge in [-0.05, 0) is 146 Å². The number of aromatic carboxylic acids is 1. The van der Waals surface area contributed by atoms with Gasteiger partial charge < -0.3 is 20.4 Å². The molecule has 3 N–H and O–H groups in total. The van der Waals surface area contributed by atoms with Crippen LogP contribution in [0, 0.1) is 51.2 Å². The van der Waals surface area contributed by atoms with Crippen LogP contribution in [0.2, 0.25) is 0 Å². The molecule has 8 atom stereocenters. The summed E-state index contributed by atoms with van der Waals surface area (Å²) in [5, 5.41) is 20.3. The van der Waals surface area contributed by atoms with E-state index in [2.05, 4.69) is 52.6 Å². The van der Waals surface area contributed by atoms with Gasteiger partial charge in [0.05, 0.1) is 12.0 Å². The van der Waals surface area contributed by atoms with Crippen molar-refractivity contribution >= 4 is 23.9 Å². The molecule has 0 aliphatic heterocycles. The highest BCUT2D eigenvalue weighted by Crippen LogP contribution is 2.73. The number of carboxylic acids is 2. The van der Waals surface area contributed by atoms with E-state index in [1.54, 1.807) is 18.2 Å². The van der Waals surface area contributed by atoms with Gasteiger partial charge in [-0.3, -0.25) is 9.59 Å². The van der Waals surface area contributed by atoms with Crippen molar-refractivity contribution in [1.82, 2.24) is 10.2 Å². The number of fused-ring (bicyclic) bond motifs is 7. The molecule has 284 valence electrons. The predicted molar refractivity (Wildman–Crippen MR) is 207 cm³/mol. The number of aliphatic carboxylic acids is 1. The van der Waals surface area contributed by atoms with Gasteiger partial charge in [0, 0.05) is 19.6 Å². The minimum atomic E-state index is -0.844. The molecule has 1 aromatic carbocycles. The third-order valence-corrected chi connectivity index (χ3v) is 14.7. The van der Waals surface area contributed by atoms with Gasteiger partial charge in [-0.15, -0.1) is 6.58 Å². The standard InChI is InChI=1S/C33H46O2.C8H16N2O3.C3H6/c1-30(2)24(21-8-10-22(11-9-21)29(34)35)15-19-33(5)27(30)16-20-32(4)26-14-18-31(3)17-6-7-25(31)23(26)12-13-28(32)33;1-2-10(5-3-8(12)13)6-4-9-7-11;1-3-2/h8-11,15,23,25-28H,6-7,12-14,16-20H2,1-5H3,(H,34,35);7H,2-6H2,1H3,(H,9,11)(H,12,13);3H,1H2,2H3. The zero-order valence-electron chi connectivity index (χ0n) is 32.8. The Hall–Kier alpha value is -2.93. The molecule has 4 saturated carbocycles. The Morgan fingerprint density at radius 3 is 2.20 bits per heavy atom. The van der Waals surface area contributed by atoms with E-state index in [1.165, 1.54) is 75.3 Å². The van der Waals surface area contributed by atoms with E-state index < -0.39 is 11.9 Å². The van der Waals surface area contributed by atoms with E-state index in [0.717, 1.165) is 30.2 Å². The molecule has 0 aromatic heterocycles. The number of nitrogens with one attached hydrogen (secondary N) is 1. The van der Waals surface area contributed by atoms with Crippen LogP contribution in [0.25, 0.3) is 5.57 Å². The number of carbonyl (C=O) groups is 3. The van der Waals surface area contributed by atoms with Crippen LogP contribution >= 0.6 is 0 Å². The highest BCUT2D eigenvalue weighted by molar-refractivity contribution is 5.88. The Kier molecular flexibility index (Phi) is 13.5. The Balaban J connectivity index is 0.000000309. The van der Waals surface area contributed by atoms with Gasteiger partial charge in [-0.1, -0.05) is 72.2 Å². The molecular formula is C44H68N2O5. The molecule has 7 heteroatoms. The highest BCUT2D eigenvalue weighted by atomic mass is 16.4. The first-order chi connectivity index (χ1) is 24.1. The number of carboxylic acid groups (broad SMARTS) is 2. The molecule has 7 nitrogen and oxygen atoms in total. The Morgan fingerprint density at radius 1 is 0.902 bits per heavy atom. The first kappa shape index (κ1) is 40.8. The number of nitrogens with zero attached hydrogens (tertiary/aromatic N) is 1. The van der Waals surface area contributed by atoms with Gasteiger partial charge in [-0.2, -0.15) is 0 Å². The summed E-state index contributed by atoms with van der Waals surface area (Å²) in [5.74, 6) is 2.79. The van der Waals surface area contributed by atoms with Crippen LogP contribution in [-0.4, -0.2) is 59.6 Å². The molecule has 0 radical (unpaired) electrons. The summed E-state index contributed by atoms with van der Waals surface area (Å²) < 4.78 is 0. The highest BCUT2D eigenvalue weighted by Gasteiger charge is 2.64. The molecule has 6 rings (SSSR count). The van der Waals surface area contributed by atoms with Crippen LogP contribution in [0.3, 0.4) is 0 Å². The number of allylic oxidation sites excluding steroid dienone is 3. The summed E-state index contributed by atoms with van der Waals surface area (Å²) in [6, 6.07) is 7.64. The molecule has 5 aliphatic carbocycles. The van der Waals surface area contributed by atoms with Crippen molar-refractivity contribution in [1.29, 1.82) is 0 Å². The first-order valence-electron chi connectivity index (χ1n) is 19.9. The van der Waals surface area contributed by atoms with Crippen molar-refractivity contribution in [2.45, 2.75) is 119 Å². The fraction of sp³-hybridized carbons (Fsp3) is 0.705. The van der Waals surface area contributed by atoms with Crippen molar-refractivity contribution in [3.8, 4) is 0 Å². The van der Waals surface area contributed by atoms with E-state index in [4.69, 9.17) is 5.11 Å². The molecular weight excluding hydrogens is 636 g/mol. The van der Waals surface area contributed by atoms with Crippen LogP contribution in [0.5, 0.6) is 0 Å². The SMILES string of the molecule is C=CC.CC12CCCC1C1CCC3C(C)(CCC4C(C)(C)C(c5ccc(C(=O)O)cc5)=CCC43C)C1CC2.CCN(CCNC=O)CCC(=O)O. The summed E-state index contributed by atoms with van der Waals surface area (Å²) in [6.45, 7) is 22.8. The van der Waals surface area contributed by atoms with Gasteiger partial charge in [0.1, 0.15) is 0 Å². The molecule has 0 bridgehead atoms. The fourth-order valence-electron chi connectivity index (χ4n) is 12.4. The minimum Gasteiger partial charge on any atom is -0.481 e. The summed E-state index contributed by atoms with van der Waals surface area (Å²) in [5.41, 5.74) is 4.65. The lowest BCUT2D eigenvalue weighted by Crippen LogP contribution is -2.60. The van der Waals surface area contributed by atoms with Crippen LogP contribution < -0.4 is 5.32 Å². The second kappa shape index (κ2) is 16.8. The number of carbonyl (C=O) groups excluding carboxylic acids is 1. The zero-order chi connectivity index (χ0) is 37.6. The smallest absolute Gasteiger partial charge is 0.335 e. The number of likely N-dealkylation sites (N-methyl/N-ethyl adjacent to an activating group) is 1.